The fourth-order valence-corrected chi connectivity index (χ4v) is 0.250. The van der Waals surface area contributed by atoms with Crippen molar-refractivity contribution < 1.29 is 0 Å². The molecular formula is C13H32S. The second-order valence-electron chi connectivity index (χ2n) is 3.41. The van der Waals surface area contributed by atoms with Crippen LogP contribution >= 0.6 is 11.8 Å². The van der Waals surface area contributed by atoms with E-state index in [0.29, 0.717) is 0 Å². The van der Waals surface area contributed by atoms with Crippen molar-refractivity contribution in [2.24, 2.45) is 0 Å². The van der Waals surface area contributed by atoms with Gasteiger partial charge in [0, 0.05) is 0 Å². The van der Waals surface area contributed by atoms with E-state index in [2.05, 4.69) is 40.9 Å². The molecule has 0 bridgehead atoms. The number of rotatable bonds is 1. The summed E-state index contributed by atoms with van der Waals surface area (Å²) in [5, 5.41) is 0. The van der Waals surface area contributed by atoms with Crippen molar-refractivity contribution in [3.05, 3.63) is 0 Å². The van der Waals surface area contributed by atoms with E-state index in [0.717, 1.165) is 0 Å². The molecule has 0 unspecified atom stereocenters. The molecule has 0 atom stereocenters. The van der Waals surface area contributed by atoms with Gasteiger partial charge < -0.3 is 0 Å². The van der Waals surface area contributed by atoms with Crippen LogP contribution in [0.2, 0.25) is 0 Å². The van der Waals surface area contributed by atoms with Crippen molar-refractivity contribution in [3.8, 4) is 0 Å². The molecule has 0 amide bonds. The second-order valence-corrected chi connectivity index (χ2v) is 4.56. The predicted molar refractivity (Wildman–Crippen MR) is 74.5 cm³/mol. The van der Waals surface area contributed by atoms with Crippen molar-refractivity contribution in [1.29, 1.82) is 0 Å². The van der Waals surface area contributed by atoms with E-state index in [1.807, 2.05) is 11.8 Å². The molecule has 90 valence electrons. The van der Waals surface area contributed by atoms with E-state index >= 15 is 0 Å². The van der Waals surface area contributed by atoms with Gasteiger partial charge in [-0.3, -0.25) is 0 Å². The van der Waals surface area contributed by atoms with Crippen molar-refractivity contribution in [2.45, 2.75) is 73.1 Å². The lowest BCUT2D eigenvalue weighted by atomic mass is 10.0. The number of hydrogen-bond acceptors (Lipinski definition) is 1. The summed E-state index contributed by atoms with van der Waals surface area (Å²) in [5.41, 5.74) is 0. The summed E-state index contributed by atoms with van der Waals surface area (Å²) in [6, 6.07) is 0. The molecule has 1 heteroatoms. The predicted octanol–water partition coefficient (Wildman–Crippen LogP) is 5.76. The minimum absolute atomic E-state index is 1.24. The maximum atomic E-state index is 2.14. The molecule has 1 aliphatic rings. The van der Waals surface area contributed by atoms with Gasteiger partial charge in [0.15, 0.2) is 0 Å². The zero-order valence-electron chi connectivity index (χ0n) is 11.4. The van der Waals surface area contributed by atoms with Crippen molar-refractivity contribution in [3.63, 3.8) is 0 Å². The SMILES string of the molecule is C1CCC1.CCC.CCC.CCSC. The first-order valence-corrected chi connectivity index (χ1v) is 7.63. The summed E-state index contributed by atoms with van der Waals surface area (Å²) in [6.45, 7) is 10.6. The third kappa shape index (κ3) is 55.6. The summed E-state index contributed by atoms with van der Waals surface area (Å²) >= 11 is 1.86. The monoisotopic (exact) mass is 220 g/mol. The van der Waals surface area contributed by atoms with Crippen LogP contribution in [0.3, 0.4) is 0 Å². The fraction of sp³-hybridized carbons (Fsp3) is 1.00. The highest BCUT2D eigenvalue weighted by molar-refractivity contribution is 7.98. The van der Waals surface area contributed by atoms with Gasteiger partial charge in [0.05, 0.1) is 0 Å². The molecule has 0 aromatic rings. The minimum atomic E-state index is 1.24. The maximum absolute atomic E-state index is 2.14. The first kappa shape index (κ1) is 19.9. The Bertz CT molecular complexity index is 41.2. The molecule has 0 aliphatic heterocycles. The highest BCUT2D eigenvalue weighted by Crippen LogP contribution is 2.15. The Labute approximate surface area is 97.3 Å². The standard InChI is InChI=1S/C4H8.C3H8S.2C3H8/c1-2-4-3-1;1-3-4-2;2*1-3-2/h1-4H2;3H2,1-2H3;2*3H2,1-2H3. The summed E-state index contributed by atoms with van der Waals surface area (Å²) < 4.78 is 0. The van der Waals surface area contributed by atoms with Gasteiger partial charge in [-0.25, -0.2) is 0 Å². The Morgan fingerprint density at radius 3 is 0.857 bits per heavy atom. The van der Waals surface area contributed by atoms with Gasteiger partial charge in [0.1, 0.15) is 0 Å². The van der Waals surface area contributed by atoms with Gasteiger partial charge in [-0.2, -0.15) is 11.8 Å². The van der Waals surface area contributed by atoms with E-state index in [1.165, 1.54) is 44.3 Å². The van der Waals surface area contributed by atoms with Crippen LogP contribution in [0.1, 0.15) is 73.1 Å². The van der Waals surface area contributed by atoms with Crippen molar-refractivity contribution in [1.82, 2.24) is 0 Å². The molecule has 1 aliphatic carbocycles. The molecule has 0 spiro atoms. The molecule has 1 fully saturated rings. The smallest absolute Gasteiger partial charge is 0.00988 e. The van der Waals surface area contributed by atoms with Gasteiger partial charge in [-0.05, 0) is 12.0 Å². The third-order valence-electron chi connectivity index (χ3n) is 1.29. The normalized spacial score (nSPS) is 11.6. The van der Waals surface area contributed by atoms with E-state index in [9.17, 15) is 0 Å². The van der Waals surface area contributed by atoms with Crippen LogP contribution in [0.4, 0.5) is 0 Å². The second kappa shape index (κ2) is 29.2. The summed E-state index contributed by atoms with van der Waals surface area (Å²) in [6.07, 6.45) is 10.6. The molecule has 0 N–H and O–H groups in total. The van der Waals surface area contributed by atoms with E-state index < -0.39 is 0 Å². The Kier molecular flexibility index (Phi) is 41.4. The lowest BCUT2D eigenvalue weighted by Crippen LogP contribution is -1.85. The highest BCUT2D eigenvalue weighted by Gasteiger charge is 1.95. The van der Waals surface area contributed by atoms with Crippen LogP contribution in [0.5, 0.6) is 0 Å². The Morgan fingerprint density at radius 1 is 0.714 bits per heavy atom. The molecule has 0 radical (unpaired) electrons. The number of thioether (sulfide) groups is 1. The van der Waals surface area contributed by atoms with Crippen molar-refractivity contribution in [2.75, 3.05) is 12.0 Å². The van der Waals surface area contributed by atoms with Crippen LogP contribution in [-0.4, -0.2) is 12.0 Å². The van der Waals surface area contributed by atoms with E-state index in [-0.39, 0.29) is 0 Å². The zero-order valence-corrected chi connectivity index (χ0v) is 12.2. The quantitative estimate of drug-likeness (QED) is 0.541. The molecule has 1 rings (SSSR count). The lowest BCUT2D eigenvalue weighted by Gasteiger charge is -2.05. The van der Waals surface area contributed by atoms with Gasteiger partial charge in [0.2, 0.25) is 0 Å². The highest BCUT2D eigenvalue weighted by atomic mass is 32.2. The van der Waals surface area contributed by atoms with Crippen LogP contribution in [0.25, 0.3) is 0 Å². The molecule has 0 saturated heterocycles. The lowest BCUT2D eigenvalue weighted by molar-refractivity contribution is 0.504. The molecule has 0 aromatic carbocycles. The molecular weight excluding hydrogens is 188 g/mol. The van der Waals surface area contributed by atoms with Crippen LogP contribution < -0.4 is 0 Å². The van der Waals surface area contributed by atoms with Crippen LogP contribution in [-0.2, 0) is 0 Å². The van der Waals surface area contributed by atoms with Gasteiger partial charge in [0.25, 0.3) is 0 Å². The van der Waals surface area contributed by atoms with E-state index in [1.54, 1.807) is 0 Å². The van der Waals surface area contributed by atoms with Crippen molar-refractivity contribution >= 4 is 11.8 Å². The first-order valence-electron chi connectivity index (χ1n) is 6.23. The zero-order chi connectivity index (χ0) is 11.7. The number of hydrogen-bond donors (Lipinski definition) is 0. The maximum Gasteiger partial charge on any atom is -0.00988 e. The van der Waals surface area contributed by atoms with E-state index in [4.69, 9.17) is 0 Å². The molecule has 14 heavy (non-hydrogen) atoms. The molecule has 0 nitrogen and oxygen atoms in total. The van der Waals surface area contributed by atoms with Gasteiger partial charge in [-0.15, -0.1) is 0 Å². The third-order valence-corrected chi connectivity index (χ3v) is 1.87. The van der Waals surface area contributed by atoms with Gasteiger partial charge in [-0.1, -0.05) is 73.1 Å². The first-order chi connectivity index (χ1) is 6.74. The average Bonchev–Trinajstić information content (AvgIpc) is 2.04. The summed E-state index contributed by atoms with van der Waals surface area (Å²) in [7, 11) is 0. The van der Waals surface area contributed by atoms with Crippen LogP contribution in [0, 0.1) is 0 Å². The fourth-order valence-electron chi connectivity index (χ4n) is 0.250. The molecule has 0 aromatic heterocycles. The Balaban J connectivity index is -0.000000117. The molecule has 1 saturated carbocycles. The Morgan fingerprint density at radius 2 is 0.857 bits per heavy atom. The largest absolute Gasteiger partial charge is 0.166 e. The summed E-state index contributed by atoms with van der Waals surface area (Å²) in [4.78, 5) is 0. The molecule has 0 heterocycles. The minimum Gasteiger partial charge on any atom is -0.166 e. The van der Waals surface area contributed by atoms with Crippen LogP contribution in [0.15, 0.2) is 0 Å². The Hall–Kier alpha value is 0.350. The summed E-state index contributed by atoms with van der Waals surface area (Å²) in [5.74, 6) is 1.24. The van der Waals surface area contributed by atoms with Gasteiger partial charge >= 0.3 is 0 Å². The average molecular weight is 220 g/mol. The topological polar surface area (TPSA) is 0 Å².